The number of esters is 1. The van der Waals surface area contributed by atoms with E-state index in [1.54, 1.807) is 20.3 Å². The van der Waals surface area contributed by atoms with Gasteiger partial charge < -0.3 is 24.8 Å². The summed E-state index contributed by atoms with van der Waals surface area (Å²) in [6, 6.07) is 3.63. The van der Waals surface area contributed by atoms with Gasteiger partial charge in [-0.05, 0) is 37.7 Å². The standard InChI is InChI=1S/C22H32N4O4.ClH/c1-4-5-12-30-20(27)7-6-15-8-10-26(11-9-15)22-24-17-14-19(29-3)18(28-2)13-16(17)21(23)25-22;/h13-15H,4-12H2,1-3H3,(H2,23,24,25);1H. The van der Waals surface area contributed by atoms with Crippen LogP contribution in [0.2, 0.25) is 0 Å². The lowest BCUT2D eigenvalue weighted by Gasteiger charge is -2.32. The molecule has 0 spiro atoms. The molecule has 1 saturated heterocycles. The third-order valence-corrected chi connectivity index (χ3v) is 5.63. The van der Waals surface area contributed by atoms with Crippen molar-refractivity contribution >= 4 is 41.0 Å². The second-order valence-electron chi connectivity index (χ2n) is 7.68. The number of anilines is 2. The van der Waals surface area contributed by atoms with Gasteiger partial charge >= 0.3 is 5.97 Å². The van der Waals surface area contributed by atoms with E-state index in [9.17, 15) is 4.79 Å². The van der Waals surface area contributed by atoms with E-state index in [1.165, 1.54) is 0 Å². The van der Waals surface area contributed by atoms with Gasteiger partial charge in [-0.25, -0.2) is 4.98 Å². The normalized spacial score (nSPS) is 14.2. The fourth-order valence-electron chi connectivity index (χ4n) is 3.75. The van der Waals surface area contributed by atoms with Crippen molar-refractivity contribution in [2.24, 2.45) is 5.92 Å². The molecule has 2 heterocycles. The smallest absolute Gasteiger partial charge is 0.305 e. The van der Waals surface area contributed by atoms with Crippen molar-refractivity contribution in [1.82, 2.24) is 9.97 Å². The Morgan fingerprint density at radius 2 is 1.84 bits per heavy atom. The zero-order chi connectivity index (χ0) is 21.5. The molecule has 0 amide bonds. The number of hydrogen-bond acceptors (Lipinski definition) is 8. The number of nitrogen functional groups attached to an aromatic ring is 1. The largest absolute Gasteiger partial charge is 0.493 e. The van der Waals surface area contributed by atoms with Crippen LogP contribution in [0.5, 0.6) is 11.5 Å². The van der Waals surface area contributed by atoms with Crippen molar-refractivity contribution in [3.8, 4) is 11.5 Å². The highest BCUT2D eigenvalue weighted by Crippen LogP contribution is 2.34. The molecular weight excluding hydrogens is 420 g/mol. The first-order valence-electron chi connectivity index (χ1n) is 10.7. The molecule has 0 bridgehead atoms. The summed E-state index contributed by atoms with van der Waals surface area (Å²) in [6.07, 6.45) is 5.32. The van der Waals surface area contributed by atoms with Crippen molar-refractivity contribution in [3.63, 3.8) is 0 Å². The lowest BCUT2D eigenvalue weighted by atomic mass is 9.92. The number of halogens is 1. The zero-order valence-corrected chi connectivity index (χ0v) is 19.4. The minimum absolute atomic E-state index is 0. The lowest BCUT2D eigenvalue weighted by Crippen LogP contribution is -2.35. The molecule has 0 unspecified atom stereocenters. The van der Waals surface area contributed by atoms with Crippen LogP contribution in [0.25, 0.3) is 10.9 Å². The van der Waals surface area contributed by atoms with Crippen molar-refractivity contribution in [2.75, 3.05) is 44.5 Å². The molecule has 0 aliphatic carbocycles. The number of hydrogen-bond donors (Lipinski definition) is 1. The minimum atomic E-state index is -0.0825. The number of unbranched alkanes of at least 4 members (excludes halogenated alkanes) is 1. The van der Waals surface area contributed by atoms with E-state index in [0.717, 1.165) is 56.1 Å². The van der Waals surface area contributed by atoms with E-state index in [0.29, 0.717) is 42.2 Å². The molecule has 31 heavy (non-hydrogen) atoms. The molecule has 2 N–H and O–H groups in total. The summed E-state index contributed by atoms with van der Waals surface area (Å²) in [5.41, 5.74) is 6.94. The summed E-state index contributed by atoms with van der Waals surface area (Å²) in [5, 5.41) is 0.743. The number of nitrogens with zero attached hydrogens (tertiary/aromatic N) is 3. The molecule has 8 nitrogen and oxygen atoms in total. The molecule has 1 aliphatic heterocycles. The highest BCUT2D eigenvalue weighted by Gasteiger charge is 2.23. The van der Waals surface area contributed by atoms with Gasteiger partial charge in [-0.2, -0.15) is 4.98 Å². The van der Waals surface area contributed by atoms with Crippen LogP contribution in [0.15, 0.2) is 12.1 Å². The molecule has 0 atom stereocenters. The second-order valence-corrected chi connectivity index (χ2v) is 7.68. The number of methoxy groups -OCH3 is 2. The minimum Gasteiger partial charge on any atom is -0.493 e. The Kier molecular flexibility index (Phi) is 9.43. The molecule has 1 fully saturated rings. The van der Waals surface area contributed by atoms with Crippen LogP contribution in [0.3, 0.4) is 0 Å². The maximum Gasteiger partial charge on any atom is 0.305 e. The van der Waals surface area contributed by atoms with Crippen LogP contribution in [-0.2, 0) is 9.53 Å². The number of fused-ring (bicyclic) bond motifs is 1. The Bertz CT molecular complexity index is 872. The van der Waals surface area contributed by atoms with Crippen LogP contribution in [-0.4, -0.2) is 49.9 Å². The highest BCUT2D eigenvalue weighted by molar-refractivity contribution is 5.91. The van der Waals surface area contributed by atoms with E-state index in [1.807, 2.05) is 6.07 Å². The predicted octanol–water partition coefficient (Wildman–Crippen LogP) is 3.99. The summed E-state index contributed by atoms with van der Waals surface area (Å²) in [7, 11) is 3.18. The van der Waals surface area contributed by atoms with Crippen LogP contribution in [0.1, 0.15) is 45.4 Å². The van der Waals surface area contributed by atoms with Gasteiger partial charge in [0.05, 0.1) is 26.3 Å². The van der Waals surface area contributed by atoms with Crippen LogP contribution in [0.4, 0.5) is 11.8 Å². The number of aromatic nitrogens is 2. The number of ether oxygens (including phenoxy) is 3. The average molecular weight is 453 g/mol. The quantitative estimate of drug-likeness (QED) is 0.450. The monoisotopic (exact) mass is 452 g/mol. The van der Waals surface area contributed by atoms with Crippen LogP contribution in [0, 0.1) is 5.92 Å². The first-order valence-corrected chi connectivity index (χ1v) is 10.7. The van der Waals surface area contributed by atoms with Crippen molar-refractivity contribution in [2.45, 2.75) is 45.4 Å². The van der Waals surface area contributed by atoms with Crippen molar-refractivity contribution in [3.05, 3.63) is 12.1 Å². The van der Waals surface area contributed by atoms with Gasteiger partial charge in [0.2, 0.25) is 5.95 Å². The Hall–Kier alpha value is -2.48. The number of benzene rings is 1. The molecule has 3 rings (SSSR count). The lowest BCUT2D eigenvalue weighted by molar-refractivity contribution is -0.144. The third kappa shape index (κ3) is 6.26. The SMILES string of the molecule is CCCCOC(=O)CCC1CCN(c2nc(N)c3cc(OC)c(OC)cc3n2)CC1.Cl. The van der Waals surface area contributed by atoms with Gasteiger partial charge in [0.1, 0.15) is 5.82 Å². The highest BCUT2D eigenvalue weighted by atomic mass is 35.5. The maximum atomic E-state index is 11.8. The first kappa shape index (κ1) is 24.8. The Labute approximate surface area is 189 Å². The summed E-state index contributed by atoms with van der Waals surface area (Å²) >= 11 is 0. The van der Waals surface area contributed by atoms with E-state index < -0.39 is 0 Å². The molecule has 2 aromatic rings. The molecule has 9 heteroatoms. The van der Waals surface area contributed by atoms with E-state index in [-0.39, 0.29) is 18.4 Å². The number of carbonyl (C=O) groups excluding carboxylic acids is 1. The molecule has 1 aromatic carbocycles. The van der Waals surface area contributed by atoms with Crippen molar-refractivity contribution < 1.29 is 19.0 Å². The Morgan fingerprint density at radius 3 is 2.48 bits per heavy atom. The van der Waals surface area contributed by atoms with Gasteiger partial charge in [-0.1, -0.05) is 13.3 Å². The molecular formula is C22H33ClN4O4. The Morgan fingerprint density at radius 1 is 1.16 bits per heavy atom. The summed E-state index contributed by atoms with van der Waals surface area (Å²) in [5.74, 6) is 2.70. The van der Waals surface area contributed by atoms with E-state index in [4.69, 9.17) is 24.9 Å². The molecule has 1 aromatic heterocycles. The predicted molar refractivity (Wildman–Crippen MR) is 124 cm³/mol. The average Bonchev–Trinajstić information content (AvgIpc) is 2.77. The maximum absolute atomic E-state index is 11.8. The molecule has 0 radical (unpaired) electrons. The second kappa shape index (κ2) is 11.8. The van der Waals surface area contributed by atoms with Gasteiger partial charge in [-0.3, -0.25) is 4.79 Å². The zero-order valence-electron chi connectivity index (χ0n) is 18.6. The number of nitrogens with two attached hydrogens (primary N) is 1. The van der Waals surface area contributed by atoms with Crippen molar-refractivity contribution in [1.29, 1.82) is 0 Å². The summed E-state index contributed by atoms with van der Waals surface area (Å²) in [6.45, 7) is 4.30. The topological polar surface area (TPSA) is 99.8 Å². The fourth-order valence-corrected chi connectivity index (χ4v) is 3.75. The number of carbonyl (C=O) groups is 1. The van der Waals surface area contributed by atoms with Gasteiger partial charge in [-0.15, -0.1) is 12.4 Å². The third-order valence-electron chi connectivity index (χ3n) is 5.63. The fraction of sp³-hybridized carbons (Fsp3) is 0.591. The van der Waals surface area contributed by atoms with E-state index >= 15 is 0 Å². The molecule has 0 saturated carbocycles. The van der Waals surface area contributed by atoms with Gasteiger partial charge in [0.25, 0.3) is 0 Å². The number of piperidine rings is 1. The first-order chi connectivity index (χ1) is 14.5. The summed E-state index contributed by atoms with van der Waals surface area (Å²) < 4.78 is 16.0. The van der Waals surface area contributed by atoms with Gasteiger partial charge in [0.15, 0.2) is 11.5 Å². The van der Waals surface area contributed by atoms with Crippen LogP contribution < -0.4 is 20.1 Å². The molecule has 172 valence electrons. The number of rotatable bonds is 9. The summed E-state index contributed by atoms with van der Waals surface area (Å²) in [4.78, 5) is 23.2. The van der Waals surface area contributed by atoms with Gasteiger partial charge in [0, 0.05) is 31.0 Å². The van der Waals surface area contributed by atoms with Crippen LogP contribution >= 0.6 is 12.4 Å². The Balaban J connectivity index is 0.00000341. The van der Waals surface area contributed by atoms with E-state index in [2.05, 4.69) is 16.8 Å². The molecule has 1 aliphatic rings.